The smallest absolute Gasteiger partial charge is 0.339 e. The molecule has 1 amide bonds. The first-order chi connectivity index (χ1) is 13.1. The van der Waals surface area contributed by atoms with E-state index in [4.69, 9.17) is 4.74 Å². The molecule has 0 bridgehead atoms. The van der Waals surface area contributed by atoms with E-state index in [-0.39, 0.29) is 11.1 Å². The fraction of sp³-hybridized carbons (Fsp3) is 0.222. The molecule has 2 rings (SSSR count). The summed E-state index contributed by atoms with van der Waals surface area (Å²) in [5, 5.41) is 24.8. The molecule has 0 aliphatic rings. The first-order valence-electron chi connectivity index (χ1n) is 8.12. The number of anilines is 1. The van der Waals surface area contributed by atoms with Gasteiger partial charge in [-0.2, -0.15) is 0 Å². The lowest BCUT2D eigenvalue weighted by Crippen LogP contribution is -2.30. The SMILES string of the molecule is Cc1ccccc1NC(=O)[C@H](C)OC(=O)c1cc([N+](=O)[O-])c(C)c([N+](=O)[O-])c1. The second-order valence-corrected chi connectivity index (χ2v) is 6.01. The predicted octanol–water partition coefficient (Wildman–Crippen LogP) is 3.30. The number of para-hydroxylation sites is 1. The number of rotatable bonds is 6. The summed E-state index contributed by atoms with van der Waals surface area (Å²) in [5.74, 6) is -1.70. The zero-order valence-corrected chi connectivity index (χ0v) is 15.3. The number of ether oxygens (including phenoxy) is 1. The molecule has 146 valence electrons. The minimum atomic E-state index is -1.23. The summed E-state index contributed by atoms with van der Waals surface area (Å²) in [6, 6.07) is 8.76. The Kier molecular flexibility index (Phi) is 6.04. The van der Waals surface area contributed by atoms with E-state index in [1.54, 1.807) is 31.2 Å². The first-order valence-corrected chi connectivity index (χ1v) is 8.12. The van der Waals surface area contributed by atoms with Crippen LogP contribution in [0.2, 0.25) is 0 Å². The maximum atomic E-state index is 12.3. The zero-order valence-electron chi connectivity index (χ0n) is 15.3. The topological polar surface area (TPSA) is 142 Å². The summed E-state index contributed by atoms with van der Waals surface area (Å²) in [4.78, 5) is 45.1. The Bertz CT molecular complexity index is 936. The lowest BCUT2D eigenvalue weighted by molar-refractivity contribution is -0.395. The monoisotopic (exact) mass is 387 g/mol. The van der Waals surface area contributed by atoms with Crippen LogP contribution < -0.4 is 5.32 Å². The molecule has 0 unspecified atom stereocenters. The van der Waals surface area contributed by atoms with Crippen LogP contribution in [0.5, 0.6) is 0 Å². The third kappa shape index (κ3) is 4.47. The van der Waals surface area contributed by atoms with Gasteiger partial charge in [0.2, 0.25) is 0 Å². The molecule has 0 saturated carbocycles. The molecule has 0 heterocycles. The van der Waals surface area contributed by atoms with Gasteiger partial charge in [0.25, 0.3) is 17.3 Å². The van der Waals surface area contributed by atoms with Crippen molar-refractivity contribution in [3.63, 3.8) is 0 Å². The molecule has 10 heteroatoms. The summed E-state index contributed by atoms with van der Waals surface area (Å²) in [6.45, 7) is 4.32. The second-order valence-electron chi connectivity index (χ2n) is 6.01. The third-order valence-electron chi connectivity index (χ3n) is 4.04. The van der Waals surface area contributed by atoms with Gasteiger partial charge in [0, 0.05) is 17.8 Å². The molecule has 0 saturated heterocycles. The van der Waals surface area contributed by atoms with Crippen molar-refractivity contribution in [3.05, 3.63) is 73.3 Å². The van der Waals surface area contributed by atoms with Crippen LogP contribution in [0.4, 0.5) is 17.1 Å². The van der Waals surface area contributed by atoms with Gasteiger partial charge < -0.3 is 10.1 Å². The summed E-state index contributed by atoms with van der Waals surface area (Å²) >= 11 is 0. The van der Waals surface area contributed by atoms with Crippen molar-refractivity contribution in [1.29, 1.82) is 0 Å². The quantitative estimate of drug-likeness (QED) is 0.455. The van der Waals surface area contributed by atoms with Crippen LogP contribution in [-0.4, -0.2) is 27.8 Å². The third-order valence-corrected chi connectivity index (χ3v) is 4.04. The highest BCUT2D eigenvalue weighted by atomic mass is 16.6. The first kappa shape index (κ1) is 20.5. The normalized spacial score (nSPS) is 11.4. The van der Waals surface area contributed by atoms with Crippen molar-refractivity contribution < 1.29 is 24.2 Å². The van der Waals surface area contributed by atoms with Crippen molar-refractivity contribution in [3.8, 4) is 0 Å². The fourth-order valence-electron chi connectivity index (χ4n) is 2.41. The van der Waals surface area contributed by atoms with Gasteiger partial charge in [-0.1, -0.05) is 18.2 Å². The molecule has 2 aromatic carbocycles. The van der Waals surface area contributed by atoms with E-state index in [9.17, 15) is 29.8 Å². The Balaban J connectivity index is 2.22. The molecule has 0 spiro atoms. The van der Waals surface area contributed by atoms with Gasteiger partial charge in [-0.05, 0) is 32.4 Å². The van der Waals surface area contributed by atoms with Crippen LogP contribution in [-0.2, 0) is 9.53 Å². The van der Waals surface area contributed by atoms with Crippen LogP contribution in [0.25, 0.3) is 0 Å². The molecule has 28 heavy (non-hydrogen) atoms. The number of esters is 1. The molecule has 0 aliphatic carbocycles. The maximum Gasteiger partial charge on any atom is 0.339 e. The molecule has 0 radical (unpaired) electrons. The lowest BCUT2D eigenvalue weighted by atomic mass is 10.1. The Morgan fingerprint density at radius 1 is 1.04 bits per heavy atom. The van der Waals surface area contributed by atoms with Crippen LogP contribution in [0.15, 0.2) is 36.4 Å². The predicted molar refractivity (Wildman–Crippen MR) is 99.2 cm³/mol. The zero-order chi connectivity index (χ0) is 21.0. The highest BCUT2D eigenvalue weighted by molar-refractivity contribution is 5.98. The van der Waals surface area contributed by atoms with Crippen LogP contribution in [0, 0.1) is 34.1 Å². The van der Waals surface area contributed by atoms with Crippen molar-refractivity contribution in [1.82, 2.24) is 0 Å². The number of hydrogen-bond acceptors (Lipinski definition) is 7. The van der Waals surface area contributed by atoms with Crippen LogP contribution in [0.1, 0.15) is 28.4 Å². The van der Waals surface area contributed by atoms with Gasteiger partial charge in [-0.15, -0.1) is 0 Å². The Labute approximate surface area is 159 Å². The van der Waals surface area contributed by atoms with E-state index in [1.807, 2.05) is 0 Å². The van der Waals surface area contributed by atoms with Gasteiger partial charge in [-0.25, -0.2) is 4.79 Å². The van der Waals surface area contributed by atoms with Crippen molar-refractivity contribution in [2.75, 3.05) is 5.32 Å². The number of nitro groups is 2. The number of nitrogens with zero attached hydrogens (tertiary/aromatic N) is 2. The highest BCUT2D eigenvalue weighted by Gasteiger charge is 2.27. The number of nitrogens with one attached hydrogen (secondary N) is 1. The number of nitro benzene ring substituents is 2. The van der Waals surface area contributed by atoms with Gasteiger partial charge in [-0.3, -0.25) is 25.0 Å². The molecule has 1 N–H and O–H groups in total. The van der Waals surface area contributed by atoms with E-state index >= 15 is 0 Å². The molecule has 0 fully saturated rings. The molecular formula is C18H17N3O7. The van der Waals surface area contributed by atoms with E-state index in [0.717, 1.165) is 17.7 Å². The summed E-state index contributed by atoms with van der Waals surface area (Å²) in [7, 11) is 0. The fourth-order valence-corrected chi connectivity index (χ4v) is 2.41. The molecule has 2 aromatic rings. The minimum Gasteiger partial charge on any atom is -0.449 e. The Morgan fingerprint density at radius 3 is 2.07 bits per heavy atom. The summed E-state index contributed by atoms with van der Waals surface area (Å²) < 4.78 is 5.02. The van der Waals surface area contributed by atoms with Crippen LogP contribution >= 0.6 is 0 Å². The van der Waals surface area contributed by atoms with E-state index in [0.29, 0.717) is 5.69 Å². The van der Waals surface area contributed by atoms with Crippen molar-refractivity contribution in [2.45, 2.75) is 26.9 Å². The second kappa shape index (κ2) is 8.25. The van der Waals surface area contributed by atoms with Crippen molar-refractivity contribution in [2.24, 2.45) is 0 Å². The largest absolute Gasteiger partial charge is 0.449 e. The van der Waals surface area contributed by atoms with Gasteiger partial charge in [0.05, 0.1) is 15.4 Å². The van der Waals surface area contributed by atoms with E-state index in [2.05, 4.69) is 5.32 Å². The highest BCUT2D eigenvalue weighted by Crippen LogP contribution is 2.29. The average Bonchev–Trinajstić information content (AvgIpc) is 2.63. The Hall–Kier alpha value is -3.82. The maximum absolute atomic E-state index is 12.3. The molecular weight excluding hydrogens is 370 g/mol. The number of hydrogen-bond donors (Lipinski definition) is 1. The van der Waals surface area contributed by atoms with Crippen LogP contribution in [0.3, 0.4) is 0 Å². The molecule has 0 aliphatic heterocycles. The van der Waals surface area contributed by atoms with Crippen molar-refractivity contribution >= 4 is 28.9 Å². The van der Waals surface area contributed by atoms with Gasteiger partial charge in [0.15, 0.2) is 6.10 Å². The lowest BCUT2D eigenvalue weighted by Gasteiger charge is -2.14. The van der Waals surface area contributed by atoms with E-state index < -0.39 is 39.2 Å². The number of aryl methyl sites for hydroxylation is 1. The number of carbonyl (C=O) groups is 2. The number of benzene rings is 2. The number of carbonyl (C=O) groups excluding carboxylic acids is 2. The van der Waals surface area contributed by atoms with Gasteiger partial charge in [0.1, 0.15) is 5.56 Å². The number of amides is 1. The van der Waals surface area contributed by atoms with E-state index in [1.165, 1.54) is 13.8 Å². The average molecular weight is 387 g/mol. The van der Waals surface area contributed by atoms with Gasteiger partial charge >= 0.3 is 5.97 Å². The Morgan fingerprint density at radius 2 is 1.57 bits per heavy atom. The molecule has 0 aromatic heterocycles. The minimum absolute atomic E-state index is 0.183. The summed E-state index contributed by atoms with van der Waals surface area (Å²) in [6.07, 6.45) is -1.23. The summed E-state index contributed by atoms with van der Waals surface area (Å²) in [5.41, 5.74) is -0.399. The standard InChI is InChI=1S/C18H17N3O7/c1-10-6-4-5-7-14(10)19-17(22)12(3)28-18(23)13-8-15(20(24)25)11(2)16(9-13)21(26)27/h4-9,12H,1-3H3,(H,19,22)/t12-/m0/s1. The molecule has 1 atom stereocenters. The molecule has 10 nitrogen and oxygen atoms in total.